The summed E-state index contributed by atoms with van der Waals surface area (Å²) in [4.78, 5) is 15.3. The maximum Gasteiger partial charge on any atom is 0.340 e. The number of thiophene rings is 1. The van der Waals surface area contributed by atoms with E-state index in [1.54, 1.807) is 23.5 Å². The summed E-state index contributed by atoms with van der Waals surface area (Å²) in [5.41, 5.74) is 2.49. The van der Waals surface area contributed by atoms with Gasteiger partial charge in [-0.1, -0.05) is 13.8 Å². The van der Waals surface area contributed by atoms with Crippen LogP contribution >= 0.6 is 11.3 Å². The van der Waals surface area contributed by atoms with Crippen molar-refractivity contribution >= 4 is 17.3 Å². The van der Waals surface area contributed by atoms with Crippen molar-refractivity contribution in [2.75, 3.05) is 0 Å². The number of carbonyl (C=O) groups is 1. The third kappa shape index (κ3) is 3.90. The predicted molar refractivity (Wildman–Crippen MR) is 102 cm³/mol. The van der Waals surface area contributed by atoms with E-state index in [1.807, 2.05) is 32.9 Å². The molecule has 0 spiro atoms. The predicted octanol–water partition coefficient (Wildman–Crippen LogP) is 5.59. The van der Waals surface area contributed by atoms with Crippen molar-refractivity contribution in [1.29, 1.82) is 0 Å². The minimum absolute atomic E-state index is 0.192. The number of benzene rings is 1. The van der Waals surface area contributed by atoms with Gasteiger partial charge in [-0.2, -0.15) is 0 Å². The third-order valence-corrected chi connectivity index (χ3v) is 5.85. The van der Waals surface area contributed by atoms with Crippen LogP contribution in [0.15, 0.2) is 24.3 Å². The van der Waals surface area contributed by atoms with Crippen molar-refractivity contribution in [2.24, 2.45) is 5.41 Å². The van der Waals surface area contributed by atoms with E-state index in [0.29, 0.717) is 5.56 Å². The lowest BCUT2D eigenvalue weighted by molar-refractivity contribution is 0.00691. The van der Waals surface area contributed by atoms with Gasteiger partial charge in [-0.15, -0.1) is 11.3 Å². The molecule has 3 rings (SSSR count). The van der Waals surface area contributed by atoms with Gasteiger partial charge in [-0.25, -0.2) is 4.79 Å². The molecular weight excluding hydrogens is 332 g/mol. The number of ether oxygens (including phenoxy) is 1. The molecule has 0 unspecified atom stereocenters. The molecule has 0 bridgehead atoms. The number of fused-ring (bicyclic) bond motifs is 1. The molecule has 2 aromatic rings. The molecule has 1 aromatic heterocycles. The summed E-state index contributed by atoms with van der Waals surface area (Å²) in [7, 11) is 0. The summed E-state index contributed by atoms with van der Waals surface area (Å²) in [5.74, 6) is -0.0178. The van der Waals surface area contributed by atoms with Crippen molar-refractivity contribution in [3.05, 3.63) is 40.3 Å². The molecule has 0 amide bonds. The van der Waals surface area contributed by atoms with E-state index in [4.69, 9.17) is 4.74 Å². The lowest BCUT2D eigenvalue weighted by Crippen LogP contribution is -2.27. The van der Waals surface area contributed by atoms with Crippen molar-refractivity contribution in [2.45, 2.75) is 59.5 Å². The maximum absolute atomic E-state index is 13.0. The summed E-state index contributed by atoms with van der Waals surface area (Å²) in [6.07, 6.45) is 3.02. The van der Waals surface area contributed by atoms with Crippen LogP contribution in [-0.4, -0.2) is 16.7 Å². The van der Waals surface area contributed by atoms with E-state index in [-0.39, 0.29) is 17.1 Å². The number of aromatic hydroxyl groups is 1. The monoisotopic (exact) mass is 358 g/mol. The molecule has 1 aliphatic rings. The molecule has 25 heavy (non-hydrogen) atoms. The SMILES string of the molecule is CC1(C)CCc2sc(-c3ccc(O)cc3)c(C(=O)OC(C)(C)C)c2C1. The Hall–Kier alpha value is -1.81. The molecule has 0 radical (unpaired) electrons. The molecule has 0 atom stereocenters. The van der Waals surface area contributed by atoms with Crippen LogP contribution in [0.5, 0.6) is 5.75 Å². The van der Waals surface area contributed by atoms with Crippen molar-refractivity contribution in [3.63, 3.8) is 0 Å². The second kappa shape index (κ2) is 6.17. The zero-order valence-corrected chi connectivity index (χ0v) is 16.4. The van der Waals surface area contributed by atoms with Crippen molar-refractivity contribution < 1.29 is 14.6 Å². The van der Waals surface area contributed by atoms with E-state index in [2.05, 4.69) is 13.8 Å². The van der Waals surface area contributed by atoms with Gasteiger partial charge in [0.25, 0.3) is 0 Å². The number of hydrogen-bond donors (Lipinski definition) is 1. The molecule has 1 N–H and O–H groups in total. The second-order valence-corrected chi connectivity index (χ2v) is 9.70. The van der Waals surface area contributed by atoms with Gasteiger partial charge in [-0.3, -0.25) is 0 Å². The first-order valence-electron chi connectivity index (χ1n) is 8.73. The van der Waals surface area contributed by atoms with Gasteiger partial charge in [0.15, 0.2) is 0 Å². The molecule has 3 nitrogen and oxygen atoms in total. The summed E-state index contributed by atoms with van der Waals surface area (Å²) in [6, 6.07) is 7.06. The first-order valence-corrected chi connectivity index (χ1v) is 9.55. The quantitative estimate of drug-likeness (QED) is 0.712. The lowest BCUT2D eigenvalue weighted by Gasteiger charge is -2.30. The van der Waals surface area contributed by atoms with E-state index < -0.39 is 5.60 Å². The average molecular weight is 359 g/mol. The van der Waals surface area contributed by atoms with Gasteiger partial charge in [0.2, 0.25) is 0 Å². The average Bonchev–Trinajstić information content (AvgIpc) is 2.83. The van der Waals surface area contributed by atoms with Crippen molar-refractivity contribution in [3.8, 4) is 16.2 Å². The van der Waals surface area contributed by atoms with Crippen LogP contribution in [-0.2, 0) is 17.6 Å². The highest BCUT2D eigenvalue weighted by Gasteiger charge is 2.34. The fourth-order valence-corrected chi connectivity index (χ4v) is 4.59. The van der Waals surface area contributed by atoms with E-state index >= 15 is 0 Å². The van der Waals surface area contributed by atoms with Gasteiger partial charge < -0.3 is 9.84 Å². The highest BCUT2D eigenvalue weighted by Crippen LogP contribution is 2.45. The zero-order chi connectivity index (χ0) is 18.4. The van der Waals surface area contributed by atoms with Crippen LogP contribution in [0.3, 0.4) is 0 Å². The Labute approximate surface area is 153 Å². The Balaban J connectivity index is 2.13. The standard InChI is InChI=1S/C21H26O3S/c1-20(2,3)24-19(23)17-15-12-21(4,5)11-10-16(15)25-18(17)13-6-8-14(22)9-7-13/h6-9,22H,10-12H2,1-5H3. The van der Waals surface area contributed by atoms with Gasteiger partial charge in [0, 0.05) is 9.75 Å². The van der Waals surface area contributed by atoms with Crippen LogP contribution in [0.1, 0.15) is 61.8 Å². The normalized spacial score (nSPS) is 16.4. The molecule has 1 aliphatic carbocycles. The highest BCUT2D eigenvalue weighted by molar-refractivity contribution is 7.16. The number of aryl methyl sites for hydroxylation is 1. The fourth-order valence-electron chi connectivity index (χ4n) is 3.28. The largest absolute Gasteiger partial charge is 0.508 e. The Morgan fingerprint density at radius 2 is 1.84 bits per heavy atom. The number of phenols is 1. The van der Waals surface area contributed by atoms with Gasteiger partial charge in [-0.05, 0) is 80.8 Å². The summed E-state index contributed by atoms with van der Waals surface area (Å²) >= 11 is 1.69. The highest BCUT2D eigenvalue weighted by atomic mass is 32.1. The fraction of sp³-hybridized carbons (Fsp3) is 0.476. The Morgan fingerprint density at radius 3 is 2.44 bits per heavy atom. The third-order valence-electron chi connectivity index (χ3n) is 4.51. The molecule has 0 aliphatic heterocycles. The first kappa shape index (κ1) is 18.0. The van der Waals surface area contributed by atoms with Crippen LogP contribution in [0, 0.1) is 5.41 Å². The van der Waals surface area contributed by atoms with Crippen LogP contribution < -0.4 is 0 Å². The Kier molecular flexibility index (Phi) is 4.44. The Bertz CT molecular complexity index is 792. The zero-order valence-electron chi connectivity index (χ0n) is 15.6. The number of rotatable bonds is 2. The van der Waals surface area contributed by atoms with E-state index in [0.717, 1.165) is 35.3 Å². The maximum atomic E-state index is 13.0. The Morgan fingerprint density at radius 1 is 1.20 bits per heavy atom. The number of phenolic OH excluding ortho intramolecular Hbond substituents is 1. The van der Waals surface area contributed by atoms with Gasteiger partial charge in [0.1, 0.15) is 11.4 Å². The molecule has 0 fully saturated rings. The molecule has 0 saturated carbocycles. The first-order chi connectivity index (χ1) is 11.6. The van der Waals surface area contributed by atoms with E-state index in [1.165, 1.54) is 4.88 Å². The van der Waals surface area contributed by atoms with Crippen molar-refractivity contribution in [1.82, 2.24) is 0 Å². The summed E-state index contributed by atoms with van der Waals surface area (Å²) in [5, 5.41) is 9.58. The number of esters is 1. The molecule has 1 heterocycles. The van der Waals surface area contributed by atoms with Crippen LogP contribution in [0.2, 0.25) is 0 Å². The van der Waals surface area contributed by atoms with Gasteiger partial charge in [0.05, 0.1) is 5.56 Å². The molecular formula is C21H26O3S. The number of hydrogen-bond acceptors (Lipinski definition) is 4. The molecule has 4 heteroatoms. The topological polar surface area (TPSA) is 46.5 Å². The summed E-state index contributed by atoms with van der Waals surface area (Å²) < 4.78 is 5.72. The molecule has 0 saturated heterocycles. The molecule has 134 valence electrons. The smallest absolute Gasteiger partial charge is 0.340 e. The van der Waals surface area contributed by atoms with Crippen LogP contribution in [0.25, 0.3) is 10.4 Å². The second-order valence-electron chi connectivity index (χ2n) is 8.60. The molecule has 1 aromatic carbocycles. The van der Waals surface area contributed by atoms with Crippen LogP contribution in [0.4, 0.5) is 0 Å². The summed E-state index contributed by atoms with van der Waals surface area (Å²) in [6.45, 7) is 10.2. The number of carbonyl (C=O) groups excluding carboxylic acids is 1. The van der Waals surface area contributed by atoms with E-state index in [9.17, 15) is 9.90 Å². The lowest BCUT2D eigenvalue weighted by atomic mass is 9.76. The minimum atomic E-state index is -0.525. The van der Waals surface area contributed by atoms with Gasteiger partial charge >= 0.3 is 5.97 Å². The minimum Gasteiger partial charge on any atom is -0.508 e.